The fourth-order valence-electron chi connectivity index (χ4n) is 4.91. The molecule has 0 bridgehead atoms. The Kier molecular flexibility index (Phi) is 5.15. The summed E-state index contributed by atoms with van der Waals surface area (Å²) in [6.45, 7) is 2.00. The first-order valence-electron chi connectivity index (χ1n) is 11.3. The molecule has 170 valence electrons. The van der Waals surface area contributed by atoms with E-state index in [1.54, 1.807) is 36.1 Å². The molecule has 2 N–H and O–H groups in total. The minimum atomic E-state index is -1.20. The van der Waals surface area contributed by atoms with Gasteiger partial charge in [0, 0.05) is 24.3 Å². The molecule has 2 aromatic rings. The molecule has 0 spiro atoms. The van der Waals surface area contributed by atoms with Gasteiger partial charge in [-0.2, -0.15) is 0 Å². The van der Waals surface area contributed by atoms with E-state index in [1.165, 1.54) is 11.1 Å². The second kappa shape index (κ2) is 8.03. The van der Waals surface area contributed by atoms with Crippen LogP contribution < -0.4 is 15.5 Å². The third-order valence-corrected chi connectivity index (χ3v) is 6.79. The Balaban J connectivity index is 1.25. The molecule has 8 nitrogen and oxygen atoms in total. The van der Waals surface area contributed by atoms with Crippen LogP contribution in [0.2, 0.25) is 0 Å². The number of nitrogens with zero attached hydrogens (tertiary/aromatic N) is 2. The Morgan fingerprint density at radius 2 is 1.76 bits per heavy atom. The van der Waals surface area contributed by atoms with Gasteiger partial charge in [-0.15, -0.1) is 0 Å². The number of fused-ring (bicyclic) bond motifs is 1. The van der Waals surface area contributed by atoms with Crippen LogP contribution in [0.4, 0.5) is 16.2 Å². The molecule has 1 unspecified atom stereocenters. The fraction of sp³-hybridized carbons (Fsp3) is 0.360. The number of imide groups is 1. The number of rotatable bonds is 5. The van der Waals surface area contributed by atoms with E-state index in [-0.39, 0.29) is 12.5 Å². The highest BCUT2D eigenvalue weighted by Gasteiger charge is 2.49. The summed E-state index contributed by atoms with van der Waals surface area (Å²) < 4.78 is 0. The topological polar surface area (TPSA) is 98.8 Å². The van der Waals surface area contributed by atoms with Gasteiger partial charge in [0.15, 0.2) is 0 Å². The van der Waals surface area contributed by atoms with Gasteiger partial charge in [-0.05, 0) is 73.6 Å². The Labute approximate surface area is 191 Å². The number of urea groups is 1. The average Bonchev–Trinajstić information content (AvgIpc) is 3.49. The molecule has 5 amide bonds. The lowest BCUT2D eigenvalue weighted by molar-refractivity contribution is -0.133. The summed E-state index contributed by atoms with van der Waals surface area (Å²) in [5.41, 5.74) is 3.36. The van der Waals surface area contributed by atoms with E-state index in [0.29, 0.717) is 18.7 Å². The van der Waals surface area contributed by atoms with Crippen LogP contribution in [-0.2, 0) is 32.8 Å². The third kappa shape index (κ3) is 3.75. The van der Waals surface area contributed by atoms with Crippen molar-refractivity contribution in [2.24, 2.45) is 0 Å². The van der Waals surface area contributed by atoms with Crippen LogP contribution >= 0.6 is 0 Å². The predicted octanol–water partition coefficient (Wildman–Crippen LogP) is 2.71. The largest absolute Gasteiger partial charge is 0.325 e. The summed E-state index contributed by atoms with van der Waals surface area (Å²) in [4.78, 5) is 52.9. The third-order valence-electron chi connectivity index (χ3n) is 6.79. The molecule has 2 fully saturated rings. The lowest BCUT2D eigenvalue weighted by Crippen LogP contribution is -2.42. The second-order valence-corrected chi connectivity index (χ2v) is 9.03. The molecule has 33 heavy (non-hydrogen) atoms. The number of benzene rings is 2. The van der Waals surface area contributed by atoms with Gasteiger partial charge in [-0.3, -0.25) is 19.3 Å². The minimum Gasteiger partial charge on any atom is -0.325 e. The van der Waals surface area contributed by atoms with Gasteiger partial charge in [-0.1, -0.05) is 18.2 Å². The van der Waals surface area contributed by atoms with E-state index in [9.17, 15) is 19.2 Å². The normalized spacial score (nSPS) is 22.0. The lowest BCUT2D eigenvalue weighted by atomic mass is 9.89. The van der Waals surface area contributed by atoms with Crippen molar-refractivity contribution in [1.82, 2.24) is 10.2 Å². The Morgan fingerprint density at radius 3 is 2.48 bits per heavy atom. The van der Waals surface area contributed by atoms with Gasteiger partial charge in [-0.25, -0.2) is 4.79 Å². The number of hydrogen-bond acceptors (Lipinski definition) is 4. The highest BCUT2D eigenvalue weighted by Crippen LogP contribution is 2.32. The number of hydrogen-bond donors (Lipinski definition) is 2. The Hall–Kier alpha value is -3.68. The molecule has 0 radical (unpaired) electrons. The highest BCUT2D eigenvalue weighted by atomic mass is 16.2. The summed E-state index contributed by atoms with van der Waals surface area (Å²) >= 11 is 0. The van der Waals surface area contributed by atoms with E-state index in [2.05, 4.69) is 10.6 Å². The zero-order valence-electron chi connectivity index (χ0n) is 18.5. The van der Waals surface area contributed by atoms with E-state index < -0.39 is 23.4 Å². The van der Waals surface area contributed by atoms with Crippen molar-refractivity contribution in [3.05, 3.63) is 59.2 Å². The zero-order chi connectivity index (χ0) is 23.2. The molecule has 0 aromatic heterocycles. The standard InChI is InChI=1S/C25H26N4O4/c1-25(18-8-7-16-4-2-5-17(16)14-18)23(32)29(24(33)27-25)15-21(30)26-19-9-11-20(12-10-19)28-13-3-6-22(28)31/h7-12,14H,2-6,13,15H2,1H3,(H,26,30)(H,27,33). The smallest absolute Gasteiger partial charge is 0.325 e. The first-order valence-corrected chi connectivity index (χ1v) is 11.3. The van der Waals surface area contributed by atoms with Crippen LogP contribution in [0.1, 0.15) is 42.9 Å². The van der Waals surface area contributed by atoms with E-state index in [0.717, 1.165) is 41.8 Å². The van der Waals surface area contributed by atoms with Gasteiger partial charge in [0.2, 0.25) is 11.8 Å². The minimum absolute atomic E-state index is 0.0942. The fourth-order valence-corrected chi connectivity index (χ4v) is 4.91. The molecule has 1 atom stereocenters. The van der Waals surface area contributed by atoms with Crippen molar-refractivity contribution < 1.29 is 19.2 Å². The number of anilines is 2. The van der Waals surface area contributed by atoms with Crippen molar-refractivity contribution in [2.45, 2.75) is 44.6 Å². The maximum absolute atomic E-state index is 13.2. The van der Waals surface area contributed by atoms with Gasteiger partial charge >= 0.3 is 6.03 Å². The van der Waals surface area contributed by atoms with Gasteiger partial charge in [0.05, 0.1) is 0 Å². The second-order valence-electron chi connectivity index (χ2n) is 9.03. The van der Waals surface area contributed by atoms with Crippen LogP contribution in [0.25, 0.3) is 0 Å². The number of amides is 5. The molecule has 3 aliphatic rings. The van der Waals surface area contributed by atoms with Gasteiger partial charge in [0.1, 0.15) is 12.1 Å². The van der Waals surface area contributed by atoms with Crippen LogP contribution in [0, 0.1) is 0 Å². The molecule has 8 heteroatoms. The molecular formula is C25H26N4O4. The van der Waals surface area contributed by atoms with Crippen LogP contribution in [-0.4, -0.2) is 41.7 Å². The predicted molar refractivity (Wildman–Crippen MR) is 123 cm³/mol. The van der Waals surface area contributed by atoms with Gasteiger partial charge < -0.3 is 15.5 Å². The first kappa shape index (κ1) is 21.2. The molecule has 2 aliphatic heterocycles. The lowest BCUT2D eigenvalue weighted by Gasteiger charge is -2.23. The monoisotopic (exact) mass is 446 g/mol. The van der Waals surface area contributed by atoms with E-state index in [4.69, 9.17) is 0 Å². The molecular weight excluding hydrogens is 420 g/mol. The number of carbonyl (C=O) groups is 4. The Bertz CT molecular complexity index is 1160. The number of nitrogens with one attached hydrogen (secondary N) is 2. The molecule has 2 aromatic carbocycles. The number of aryl methyl sites for hydroxylation is 2. The molecule has 0 saturated carbocycles. The molecule has 2 heterocycles. The molecule has 5 rings (SSSR count). The zero-order valence-corrected chi connectivity index (χ0v) is 18.5. The van der Waals surface area contributed by atoms with Crippen molar-refractivity contribution in [1.29, 1.82) is 0 Å². The number of carbonyl (C=O) groups excluding carboxylic acids is 4. The molecule has 1 aliphatic carbocycles. The Morgan fingerprint density at radius 1 is 1.00 bits per heavy atom. The van der Waals surface area contributed by atoms with E-state index in [1.807, 2.05) is 18.2 Å². The SMILES string of the molecule is CC1(c2ccc3c(c2)CCC3)NC(=O)N(CC(=O)Nc2ccc(N3CCCC3=O)cc2)C1=O. The highest BCUT2D eigenvalue weighted by molar-refractivity contribution is 6.10. The van der Waals surface area contributed by atoms with Crippen molar-refractivity contribution in [2.75, 3.05) is 23.3 Å². The summed E-state index contributed by atoms with van der Waals surface area (Å²) in [7, 11) is 0. The van der Waals surface area contributed by atoms with Crippen molar-refractivity contribution >= 4 is 35.1 Å². The average molecular weight is 447 g/mol. The van der Waals surface area contributed by atoms with Crippen LogP contribution in [0.3, 0.4) is 0 Å². The summed E-state index contributed by atoms with van der Waals surface area (Å²) in [5.74, 6) is -0.818. The summed E-state index contributed by atoms with van der Waals surface area (Å²) in [6, 6.07) is 12.3. The maximum Gasteiger partial charge on any atom is 0.325 e. The first-order chi connectivity index (χ1) is 15.8. The maximum atomic E-state index is 13.2. The summed E-state index contributed by atoms with van der Waals surface area (Å²) in [5, 5.41) is 5.49. The van der Waals surface area contributed by atoms with Crippen molar-refractivity contribution in [3.8, 4) is 0 Å². The quantitative estimate of drug-likeness (QED) is 0.690. The van der Waals surface area contributed by atoms with Crippen LogP contribution in [0.15, 0.2) is 42.5 Å². The molecule has 2 saturated heterocycles. The van der Waals surface area contributed by atoms with Crippen LogP contribution in [0.5, 0.6) is 0 Å². The van der Waals surface area contributed by atoms with Gasteiger partial charge in [0.25, 0.3) is 5.91 Å². The van der Waals surface area contributed by atoms with E-state index >= 15 is 0 Å². The summed E-state index contributed by atoms with van der Waals surface area (Å²) in [6.07, 6.45) is 4.49. The van der Waals surface area contributed by atoms with Crippen molar-refractivity contribution in [3.63, 3.8) is 0 Å².